The normalized spacial score (nSPS) is 16.8. The number of aliphatic hydroxyl groups is 1. The predicted molar refractivity (Wildman–Crippen MR) is 102 cm³/mol. The lowest BCUT2D eigenvalue weighted by Gasteiger charge is -2.40. The van der Waals surface area contributed by atoms with Crippen molar-refractivity contribution < 1.29 is 55.7 Å². The smallest absolute Gasteiger partial charge is 0.406 e. The maximum atomic E-state index is 12.7. The van der Waals surface area contributed by atoms with Crippen LogP contribution in [-0.4, -0.2) is 37.1 Å². The first kappa shape index (κ1) is 26.7. The number of carbonyl (C=O) groups is 1. The predicted octanol–water partition coefficient (Wildman–Crippen LogP) is 5.41. The van der Waals surface area contributed by atoms with Gasteiger partial charge in [0.15, 0.2) is 15.4 Å². The van der Waals surface area contributed by atoms with E-state index in [1.807, 2.05) is 5.32 Å². The van der Waals surface area contributed by atoms with Crippen molar-refractivity contribution in [3.05, 3.63) is 48.5 Å². The Hall–Kier alpha value is -2.59. The Labute approximate surface area is 181 Å². The molecule has 186 valence electrons. The molecule has 2 N–H and O–H groups in total. The van der Waals surface area contributed by atoms with E-state index in [0.717, 1.165) is 25.1 Å². The molecule has 0 aliphatic heterocycles. The average Bonchev–Trinajstić information content (AvgIpc) is 2.58. The van der Waals surface area contributed by atoms with Crippen molar-refractivity contribution in [2.24, 2.45) is 0 Å². The molecule has 0 saturated carbocycles. The van der Waals surface area contributed by atoms with Gasteiger partial charge in [-0.15, -0.1) is 13.2 Å². The number of amides is 1. The van der Waals surface area contributed by atoms with E-state index in [0.29, 0.717) is 18.2 Å². The number of halogens is 8. The van der Waals surface area contributed by atoms with Crippen LogP contribution in [0, 0.1) is 0 Å². The van der Waals surface area contributed by atoms with E-state index < -0.39 is 64.9 Å². The number of ether oxygens (including phenoxy) is 1. The summed E-state index contributed by atoms with van der Waals surface area (Å²) in [6.45, 7) is 0.721. The van der Waals surface area contributed by atoms with E-state index in [-0.39, 0.29) is 12.1 Å². The van der Waals surface area contributed by atoms with Gasteiger partial charge in [0.05, 0.1) is 10.6 Å². The number of rotatable bonds is 7. The molecular weight excluding hydrogens is 514 g/mol. The Morgan fingerprint density at radius 2 is 1.58 bits per heavy atom. The van der Waals surface area contributed by atoms with Crippen LogP contribution in [0.25, 0.3) is 0 Å². The molecule has 0 aromatic heterocycles. The van der Waals surface area contributed by atoms with E-state index in [1.54, 1.807) is 0 Å². The van der Waals surface area contributed by atoms with Crippen LogP contribution in [0.15, 0.2) is 58.3 Å². The van der Waals surface area contributed by atoms with Gasteiger partial charge in [-0.05, 0) is 49.4 Å². The molecule has 2 rings (SSSR count). The summed E-state index contributed by atoms with van der Waals surface area (Å²) in [7, 11) is -14.5. The van der Waals surface area contributed by atoms with Crippen molar-refractivity contribution in [3.63, 3.8) is 0 Å². The molecule has 0 spiro atoms. The first-order valence-electron chi connectivity index (χ1n) is 8.45. The number of nitrogens with one attached hydrogen (secondary N) is 1. The van der Waals surface area contributed by atoms with Crippen molar-refractivity contribution in [2.45, 2.75) is 28.7 Å². The van der Waals surface area contributed by atoms with Crippen LogP contribution in [-0.2, 0) is 14.6 Å². The molecule has 1 amide bonds. The van der Waals surface area contributed by atoms with Gasteiger partial charge in [0.25, 0.3) is 5.91 Å². The number of carbonyl (C=O) groups excluding carboxylic acids is 1. The van der Waals surface area contributed by atoms with Crippen LogP contribution in [0.1, 0.15) is 6.92 Å². The third kappa shape index (κ3) is 7.46. The Kier molecular flexibility index (Phi) is 6.03. The standard InChI is InChI=1S/C17H15F8NO5S2/c1-16(28,10-32(29,30)13-4-2-3-12(9-13)31-17(18,19)20)15(27)26-11-5-7-14(8-6-11)33(21,22,23,24)25/h2-9,28H,10H2,1H3,(H,26,27). The maximum Gasteiger partial charge on any atom is 0.573 e. The maximum absolute atomic E-state index is 12.7. The highest BCUT2D eigenvalue weighted by atomic mass is 32.5. The number of benzene rings is 2. The van der Waals surface area contributed by atoms with E-state index in [4.69, 9.17) is 0 Å². The lowest BCUT2D eigenvalue weighted by atomic mass is 10.1. The number of hydrogen-bond donors (Lipinski definition) is 2. The summed E-state index contributed by atoms with van der Waals surface area (Å²) in [6, 6.07) is 4.04. The molecule has 1 unspecified atom stereocenters. The number of anilines is 1. The summed E-state index contributed by atoms with van der Waals surface area (Å²) < 4.78 is 129. The fourth-order valence-electron chi connectivity index (χ4n) is 2.44. The molecule has 16 heteroatoms. The van der Waals surface area contributed by atoms with Gasteiger partial charge in [0, 0.05) is 5.69 Å². The minimum Gasteiger partial charge on any atom is -0.406 e. The first-order valence-corrected chi connectivity index (χ1v) is 12.1. The van der Waals surface area contributed by atoms with Crippen molar-refractivity contribution in [1.29, 1.82) is 0 Å². The lowest BCUT2D eigenvalue weighted by molar-refractivity contribution is -0.274. The van der Waals surface area contributed by atoms with Crippen molar-refractivity contribution >= 4 is 31.7 Å². The van der Waals surface area contributed by atoms with Gasteiger partial charge in [-0.2, -0.15) is 0 Å². The van der Waals surface area contributed by atoms with Gasteiger partial charge >= 0.3 is 16.6 Å². The molecule has 0 heterocycles. The Morgan fingerprint density at radius 3 is 2.06 bits per heavy atom. The minimum absolute atomic E-state index is 0.00518. The summed E-state index contributed by atoms with van der Waals surface area (Å²) in [4.78, 5) is 9.29. The summed E-state index contributed by atoms with van der Waals surface area (Å²) in [5.74, 6) is -3.66. The van der Waals surface area contributed by atoms with Crippen LogP contribution >= 0.6 is 10.2 Å². The zero-order chi connectivity index (χ0) is 25.6. The first-order chi connectivity index (χ1) is 14.5. The molecule has 2 aromatic carbocycles. The average molecular weight is 529 g/mol. The fourth-order valence-corrected chi connectivity index (χ4v) is 4.71. The second-order valence-electron chi connectivity index (χ2n) is 7.00. The fraction of sp³-hybridized carbons (Fsp3) is 0.235. The van der Waals surface area contributed by atoms with Gasteiger partial charge in [0.2, 0.25) is 0 Å². The second kappa shape index (κ2) is 7.46. The lowest BCUT2D eigenvalue weighted by Crippen LogP contribution is -2.45. The summed E-state index contributed by atoms with van der Waals surface area (Å²) in [5.41, 5.74) is -3.19. The third-order valence-corrected chi connectivity index (χ3v) is 6.99. The molecule has 2 aromatic rings. The van der Waals surface area contributed by atoms with Crippen LogP contribution in [0.2, 0.25) is 0 Å². The highest BCUT2D eigenvalue weighted by molar-refractivity contribution is 8.45. The quantitative estimate of drug-likeness (QED) is 0.469. The van der Waals surface area contributed by atoms with E-state index in [1.165, 1.54) is 0 Å². The summed E-state index contributed by atoms with van der Waals surface area (Å²) in [5, 5.41) is 12.1. The van der Waals surface area contributed by atoms with Crippen LogP contribution < -0.4 is 10.1 Å². The van der Waals surface area contributed by atoms with Gasteiger partial charge in [-0.25, -0.2) is 8.42 Å². The molecule has 0 aliphatic carbocycles. The molecule has 0 radical (unpaired) electrons. The number of hydrogen-bond acceptors (Lipinski definition) is 5. The molecular formula is C17H15F8NO5S2. The monoisotopic (exact) mass is 529 g/mol. The minimum atomic E-state index is -9.95. The van der Waals surface area contributed by atoms with Gasteiger partial charge < -0.3 is 15.2 Å². The van der Waals surface area contributed by atoms with E-state index in [9.17, 15) is 50.9 Å². The Bertz CT molecular complexity index is 1160. The van der Waals surface area contributed by atoms with Crippen LogP contribution in [0.3, 0.4) is 0 Å². The summed E-state index contributed by atoms with van der Waals surface area (Å²) >= 11 is 0. The number of alkyl halides is 3. The van der Waals surface area contributed by atoms with Crippen LogP contribution in [0.5, 0.6) is 5.75 Å². The van der Waals surface area contributed by atoms with Gasteiger partial charge in [-0.1, -0.05) is 25.5 Å². The molecule has 33 heavy (non-hydrogen) atoms. The van der Waals surface area contributed by atoms with Crippen molar-refractivity contribution in [2.75, 3.05) is 11.1 Å². The summed E-state index contributed by atoms with van der Waals surface area (Å²) in [6.07, 6.45) is -5.11. The molecule has 0 fully saturated rings. The molecule has 6 nitrogen and oxygen atoms in total. The molecule has 0 bridgehead atoms. The van der Waals surface area contributed by atoms with Gasteiger partial charge in [-0.3, -0.25) is 4.79 Å². The SMILES string of the molecule is CC(O)(CS(=O)(=O)c1cccc(OC(F)(F)F)c1)C(=O)Nc1ccc(S(F)(F)(F)(F)F)cc1. The van der Waals surface area contributed by atoms with Crippen molar-refractivity contribution in [3.8, 4) is 5.75 Å². The highest BCUT2D eigenvalue weighted by Crippen LogP contribution is 3.02. The van der Waals surface area contributed by atoms with Crippen molar-refractivity contribution in [1.82, 2.24) is 0 Å². The zero-order valence-electron chi connectivity index (χ0n) is 16.2. The third-order valence-electron chi connectivity index (χ3n) is 3.92. The topological polar surface area (TPSA) is 92.7 Å². The zero-order valence-corrected chi connectivity index (χ0v) is 17.9. The Morgan fingerprint density at radius 1 is 1.03 bits per heavy atom. The van der Waals surface area contributed by atoms with E-state index in [2.05, 4.69) is 4.74 Å². The van der Waals surface area contributed by atoms with Crippen LogP contribution in [0.4, 0.5) is 38.3 Å². The second-order valence-corrected chi connectivity index (χ2v) is 11.4. The number of sulfone groups is 1. The van der Waals surface area contributed by atoms with E-state index >= 15 is 0 Å². The molecule has 0 aliphatic rings. The Balaban J connectivity index is 2.20. The molecule has 0 saturated heterocycles. The largest absolute Gasteiger partial charge is 0.573 e. The van der Waals surface area contributed by atoms with Gasteiger partial charge in [0.1, 0.15) is 10.6 Å². The molecule has 1 atom stereocenters. The highest BCUT2D eigenvalue weighted by Gasteiger charge is 2.65.